The lowest BCUT2D eigenvalue weighted by molar-refractivity contribution is 0.0752. The summed E-state index contributed by atoms with van der Waals surface area (Å²) in [6.45, 7) is 7.77. The minimum absolute atomic E-state index is 0.0763. The van der Waals surface area contributed by atoms with Gasteiger partial charge in [-0.25, -0.2) is 4.68 Å². The number of rotatable bonds is 6. The molecule has 0 saturated carbocycles. The molecule has 3 rings (SSSR count). The summed E-state index contributed by atoms with van der Waals surface area (Å²) in [5, 5.41) is 8.36. The summed E-state index contributed by atoms with van der Waals surface area (Å²) in [6.07, 6.45) is 2.38. The van der Waals surface area contributed by atoms with Crippen molar-refractivity contribution in [2.45, 2.75) is 32.7 Å². The van der Waals surface area contributed by atoms with Gasteiger partial charge in [-0.3, -0.25) is 4.79 Å². The number of hydrogen-bond acceptors (Lipinski definition) is 5. The largest absolute Gasteiger partial charge is 0.339 e. The number of nitrogens with zero attached hydrogens (tertiary/aromatic N) is 6. The smallest absolute Gasteiger partial charge is 0.276 e. The van der Waals surface area contributed by atoms with Gasteiger partial charge >= 0.3 is 0 Å². The zero-order valence-electron chi connectivity index (χ0n) is 17.7. The molecule has 1 amide bonds. The Morgan fingerprint density at radius 2 is 1.75 bits per heavy atom. The Morgan fingerprint density at radius 1 is 1.11 bits per heavy atom. The molecule has 2 heterocycles. The second kappa shape index (κ2) is 8.84. The molecule has 0 unspecified atom stereocenters. The molecule has 1 saturated heterocycles. The molecule has 152 valence electrons. The molecule has 0 radical (unpaired) electrons. The number of likely N-dealkylation sites (tertiary alicyclic amines) is 1. The Kier molecular flexibility index (Phi) is 6.46. The van der Waals surface area contributed by atoms with E-state index in [1.54, 1.807) is 9.58 Å². The van der Waals surface area contributed by atoms with Crippen molar-refractivity contribution in [1.29, 1.82) is 0 Å². The van der Waals surface area contributed by atoms with Gasteiger partial charge in [-0.05, 0) is 66.0 Å². The van der Waals surface area contributed by atoms with Gasteiger partial charge in [-0.1, -0.05) is 22.9 Å². The first-order valence-electron chi connectivity index (χ1n) is 10.0. The summed E-state index contributed by atoms with van der Waals surface area (Å²) in [4.78, 5) is 19.4. The van der Waals surface area contributed by atoms with Crippen molar-refractivity contribution < 1.29 is 4.79 Å². The van der Waals surface area contributed by atoms with Crippen LogP contribution in [0.15, 0.2) is 24.3 Å². The van der Waals surface area contributed by atoms with Crippen molar-refractivity contribution >= 4 is 5.91 Å². The summed E-state index contributed by atoms with van der Waals surface area (Å²) >= 11 is 0. The van der Waals surface area contributed by atoms with E-state index in [-0.39, 0.29) is 5.91 Å². The predicted molar refractivity (Wildman–Crippen MR) is 111 cm³/mol. The molecular formula is C21H32N6O. The summed E-state index contributed by atoms with van der Waals surface area (Å²) in [5.74, 6) is -0.0763. The Morgan fingerprint density at radius 3 is 2.39 bits per heavy atom. The first-order valence-corrected chi connectivity index (χ1v) is 10.0. The lowest BCUT2D eigenvalue weighted by Gasteiger charge is -2.35. The van der Waals surface area contributed by atoms with E-state index in [2.05, 4.69) is 34.2 Å². The van der Waals surface area contributed by atoms with Crippen molar-refractivity contribution in [3.05, 3.63) is 41.2 Å². The van der Waals surface area contributed by atoms with E-state index in [9.17, 15) is 4.79 Å². The third kappa shape index (κ3) is 4.59. The third-order valence-corrected chi connectivity index (χ3v) is 5.82. The number of carbonyl (C=O) groups is 1. The maximum absolute atomic E-state index is 12.9. The Balaban J connectivity index is 1.60. The van der Waals surface area contributed by atoms with Crippen molar-refractivity contribution in [3.8, 4) is 5.69 Å². The van der Waals surface area contributed by atoms with E-state index in [1.807, 2.05) is 45.2 Å². The van der Waals surface area contributed by atoms with Gasteiger partial charge in [0.15, 0.2) is 5.69 Å². The van der Waals surface area contributed by atoms with Gasteiger partial charge in [0.2, 0.25) is 0 Å². The van der Waals surface area contributed by atoms with E-state index < -0.39 is 0 Å². The highest BCUT2D eigenvalue weighted by atomic mass is 16.2. The Hall–Kier alpha value is -2.25. The molecule has 1 aromatic carbocycles. The third-order valence-electron chi connectivity index (χ3n) is 5.82. The van der Waals surface area contributed by atoms with Gasteiger partial charge in [-0.15, -0.1) is 5.10 Å². The fourth-order valence-electron chi connectivity index (χ4n) is 3.67. The van der Waals surface area contributed by atoms with Crippen LogP contribution in [-0.4, -0.2) is 89.0 Å². The van der Waals surface area contributed by atoms with Gasteiger partial charge < -0.3 is 14.7 Å². The second-order valence-electron chi connectivity index (χ2n) is 8.01. The van der Waals surface area contributed by atoms with Gasteiger partial charge in [0, 0.05) is 26.2 Å². The highest BCUT2D eigenvalue weighted by molar-refractivity contribution is 5.93. The van der Waals surface area contributed by atoms with E-state index in [0.717, 1.165) is 31.0 Å². The van der Waals surface area contributed by atoms with Crippen LogP contribution in [0, 0.1) is 13.8 Å². The van der Waals surface area contributed by atoms with Crippen molar-refractivity contribution in [3.63, 3.8) is 0 Å². The van der Waals surface area contributed by atoms with Crippen LogP contribution in [0.5, 0.6) is 0 Å². The zero-order valence-corrected chi connectivity index (χ0v) is 17.7. The molecule has 1 aliphatic heterocycles. The molecule has 0 atom stereocenters. The highest BCUT2D eigenvalue weighted by Gasteiger charge is 2.23. The second-order valence-corrected chi connectivity index (χ2v) is 8.01. The van der Waals surface area contributed by atoms with Crippen molar-refractivity contribution in [2.75, 3.05) is 47.3 Å². The SMILES string of the molecule is Cc1ccc(-n2nnc(C(=O)N(C)CCN(C)C3CCN(C)CC3)c2C)cc1. The fourth-order valence-corrected chi connectivity index (χ4v) is 3.67. The van der Waals surface area contributed by atoms with Crippen LogP contribution < -0.4 is 0 Å². The number of aromatic nitrogens is 3. The number of hydrogen-bond donors (Lipinski definition) is 0. The van der Waals surface area contributed by atoms with Crippen LogP contribution in [0.3, 0.4) is 0 Å². The van der Waals surface area contributed by atoms with Crippen LogP contribution >= 0.6 is 0 Å². The molecule has 0 bridgehead atoms. The summed E-state index contributed by atoms with van der Waals surface area (Å²) < 4.78 is 1.73. The van der Waals surface area contributed by atoms with E-state index >= 15 is 0 Å². The molecule has 0 N–H and O–H groups in total. The Labute approximate surface area is 167 Å². The molecular weight excluding hydrogens is 352 g/mol. The highest BCUT2D eigenvalue weighted by Crippen LogP contribution is 2.16. The summed E-state index contributed by atoms with van der Waals surface area (Å²) in [5.41, 5.74) is 3.29. The monoisotopic (exact) mass is 384 g/mol. The Bertz CT molecular complexity index is 792. The maximum atomic E-state index is 12.9. The zero-order chi connectivity index (χ0) is 20.3. The molecule has 1 aromatic heterocycles. The van der Waals surface area contributed by atoms with Gasteiger partial charge in [-0.2, -0.15) is 0 Å². The van der Waals surface area contributed by atoms with Crippen LogP contribution in [0.2, 0.25) is 0 Å². The predicted octanol–water partition coefficient (Wildman–Crippen LogP) is 1.98. The van der Waals surface area contributed by atoms with E-state index in [0.29, 0.717) is 18.3 Å². The average molecular weight is 385 g/mol. The quantitative estimate of drug-likeness (QED) is 0.762. The lowest BCUT2D eigenvalue weighted by Crippen LogP contribution is -2.44. The number of likely N-dealkylation sites (N-methyl/N-ethyl adjacent to an activating group) is 2. The molecule has 1 aliphatic rings. The van der Waals surface area contributed by atoms with Gasteiger partial charge in [0.1, 0.15) is 0 Å². The van der Waals surface area contributed by atoms with Gasteiger partial charge in [0.05, 0.1) is 11.4 Å². The summed E-state index contributed by atoms with van der Waals surface area (Å²) in [7, 11) is 6.18. The van der Waals surface area contributed by atoms with Crippen LogP contribution in [0.1, 0.15) is 34.6 Å². The standard InChI is InChI=1S/C21H32N6O/c1-16-6-8-19(9-7-16)27-17(2)20(22-23-27)21(28)26(5)15-14-25(4)18-10-12-24(3)13-11-18/h6-9,18H,10-15H2,1-5H3. The number of benzene rings is 1. The van der Waals surface area contributed by atoms with Crippen molar-refractivity contribution in [1.82, 2.24) is 29.7 Å². The van der Waals surface area contributed by atoms with Crippen LogP contribution in [-0.2, 0) is 0 Å². The number of carbonyl (C=O) groups excluding carboxylic acids is 1. The minimum atomic E-state index is -0.0763. The van der Waals surface area contributed by atoms with Crippen molar-refractivity contribution in [2.24, 2.45) is 0 Å². The topological polar surface area (TPSA) is 57.5 Å². The molecule has 28 heavy (non-hydrogen) atoms. The number of aryl methyl sites for hydroxylation is 1. The lowest BCUT2D eigenvalue weighted by atomic mass is 10.0. The summed E-state index contributed by atoms with van der Waals surface area (Å²) in [6, 6.07) is 8.65. The van der Waals surface area contributed by atoms with Crippen LogP contribution in [0.4, 0.5) is 0 Å². The molecule has 7 heteroatoms. The number of amides is 1. The molecule has 1 fully saturated rings. The minimum Gasteiger partial charge on any atom is -0.339 e. The van der Waals surface area contributed by atoms with Gasteiger partial charge in [0.25, 0.3) is 5.91 Å². The van der Waals surface area contributed by atoms with Crippen LogP contribution in [0.25, 0.3) is 5.69 Å². The van der Waals surface area contributed by atoms with E-state index in [4.69, 9.17) is 0 Å². The molecule has 7 nitrogen and oxygen atoms in total. The number of piperidine rings is 1. The maximum Gasteiger partial charge on any atom is 0.276 e. The first-order chi connectivity index (χ1) is 13.4. The molecule has 0 spiro atoms. The molecule has 0 aliphatic carbocycles. The average Bonchev–Trinajstić information content (AvgIpc) is 3.07. The first kappa shape index (κ1) is 20.5. The van der Waals surface area contributed by atoms with E-state index in [1.165, 1.54) is 18.4 Å². The fraction of sp³-hybridized carbons (Fsp3) is 0.571. The normalized spacial score (nSPS) is 15.9. The molecule has 2 aromatic rings.